The molecule has 0 fully saturated rings. The monoisotopic (exact) mass is 433 g/mol. The van der Waals surface area contributed by atoms with Gasteiger partial charge in [0.05, 0.1) is 18.9 Å². The molecule has 2 aliphatic heterocycles. The summed E-state index contributed by atoms with van der Waals surface area (Å²) in [4.78, 5) is 2.08. The van der Waals surface area contributed by atoms with E-state index in [4.69, 9.17) is 26.2 Å². The zero-order valence-corrected chi connectivity index (χ0v) is 18.5. The van der Waals surface area contributed by atoms with Gasteiger partial charge >= 0.3 is 0 Å². The van der Waals surface area contributed by atoms with Crippen molar-refractivity contribution in [1.29, 1.82) is 0 Å². The maximum atomic E-state index is 6.43. The van der Waals surface area contributed by atoms with Gasteiger partial charge in [-0.3, -0.25) is 0 Å². The highest BCUT2D eigenvalue weighted by atomic mass is 35.5. The van der Waals surface area contributed by atoms with Crippen LogP contribution in [-0.2, 0) is 0 Å². The minimum Gasteiger partial charge on any atom is -0.497 e. The van der Waals surface area contributed by atoms with Gasteiger partial charge < -0.3 is 14.4 Å². The van der Waals surface area contributed by atoms with Crippen LogP contribution in [0.4, 0.5) is 5.69 Å². The standard InChI is InChI=1S/C25H24ClN3O2/c1-28(2)19-9-4-17(5-10-19)25-29-23(21-14-18(26)8-13-24(21)31-25)15-22(27-29)16-6-11-20(30-3)12-7-16/h4-14,23,25H,15H2,1-3H3/t23-,25-/m0/s1. The fraction of sp³-hybridized carbons (Fsp3) is 0.240. The molecule has 0 aromatic heterocycles. The summed E-state index contributed by atoms with van der Waals surface area (Å²) in [7, 11) is 5.74. The van der Waals surface area contributed by atoms with Gasteiger partial charge in [-0.1, -0.05) is 23.7 Å². The van der Waals surface area contributed by atoms with E-state index in [1.807, 2.05) is 44.4 Å². The fourth-order valence-electron chi connectivity index (χ4n) is 4.17. The van der Waals surface area contributed by atoms with Gasteiger partial charge in [-0.05, 0) is 60.2 Å². The highest BCUT2D eigenvalue weighted by molar-refractivity contribution is 6.30. The van der Waals surface area contributed by atoms with Crippen molar-refractivity contribution in [2.24, 2.45) is 5.10 Å². The lowest BCUT2D eigenvalue weighted by Gasteiger charge is -2.38. The summed E-state index contributed by atoms with van der Waals surface area (Å²) < 4.78 is 11.7. The number of anilines is 1. The number of hydrazone groups is 1. The van der Waals surface area contributed by atoms with Crippen LogP contribution >= 0.6 is 11.6 Å². The molecule has 2 aliphatic rings. The molecule has 5 nitrogen and oxygen atoms in total. The highest BCUT2D eigenvalue weighted by Crippen LogP contribution is 2.48. The van der Waals surface area contributed by atoms with E-state index in [9.17, 15) is 0 Å². The van der Waals surface area contributed by atoms with Crippen molar-refractivity contribution in [3.63, 3.8) is 0 Å². The normalized spacial score (nSPS) is 19.2. The molecule has 31 heavy (non-hydrogen) atoms. The largest absolute Gasteiger partial charge is 0.497 e. The number of ether oxygens (including phenoxy) is 2. The molecule has 6 heteroatoms. The van der Waals surface area contributed by atoms with Gasteiger partial charge in [0.1, 0.15) is 11.5 Å². The highest BCUT2D eigenvalue weighted by Gasteiger charge is 2.41. The number of fused-ring (bicyclic) bond motifs is 3. The molecular formula is C25H24ClN3O2. The molecular weight excluding hydrogens is 410 g/mol. The average Bonchev–Trinajstić information content (AvgIpc) is 3.24. The number of halogens is 1. The quantitative estimate of drug-likeness (QED) is 0.532. The van der Waals surface area contributed by atoms with Crippen LogP contribution in [0.5, 0.6) is 11.5 Å². The second-order valence-electron chi connectivity index (χ2n) is 8.01. The Kier molecular flexibility index (Phi) is 4.98. The van der Waals surface area contributed by atoms with E-state index >= 15 is 0 Å². The third-order valence-electron chi connectivity index (χ3n) is 5.87. The van der Waals surface area contributed by atoms with Crippen molar-refractivity contribution in [3.8, 4) is 11.5 Å². The zero-order chi connectivity index (χ0) is 21.5. The van der Waals surface area contributed by atoms with Crippen LogP contribution in [0.3, 0.4) is 0 Å². The lowest BCUT2D eigenvalue weighted by Crippen LogP contribution is -2.33. The fourth-order valence-corrected chi connectivity index (χ4v) is 4.35. The van der Waals surface area contributed by atoms with Crippen LogP contribution in [0, 0.1) is 0 Å². The average molecular weight is 434 g/mol. The van der Waals surface area contributed by atoms with E-state index in [-0.39, 0.29) is 12.3 Å². The molecule has 0 spiro atoms. The molecule has 2 heterocycles. The topological polar surface area (TPSA) is 37.3 Å². The Morgan fingerprint density at radius 3 is 2.45 bits per heavy atom. The predicted molar refractivity (Wildman–Crippen MR) is 124 cm³/mol. The van der Waals surface area contributed by atoms with E-state index in [1.165, 1.54) is 0 Å². The molecule has 3 aromatic carbocycles. The van der Waals surface area contributed by atoms with Gasteiger partial charge in [-0.2, -0.15) is 5.10 Å². The van der Waals surface area contributed by atoms with Gasteiger partial charge in [-0.25, -0.2) is 5.01 Å². The molecule has 0 aliphatic carbocycles. The van der Waals surface area contributed by atoms with Crippen molar-refractivity contribution in [3.05, 3.63) is 88.4 Å². The summed E-state index contributed by atoms with van der Waals surface area (Å²) in [5.41, 5.74) is 5.39. The SMILES string of the molecule is COc1ccc(C2=NN3[C@@H](C2)c2cc(Cl)ccc2O[C@H]3c2ccc(N(C)C)cc2)cc1. The van der Waals surface area contributed by atoms with Gasteiger partial charge in [-0.15, -0.1) is 0 Å². The minimum absolute atomic E-state index is 0.0677. The van der Waals surface area contributed by atoms with Crippen LogP contribution in [0.2, 0.25) is 5.02 Å². The molecule has 0 amide bonds. The lowest BCUT2D eigenvalue weighted by atomic mass is 9.96. The van der Waals surface area contributed by atoms with Gasteiger partial charge in [0.25, 0.3) is 0 Å². The molecule has 158 valence electrons. The van der Waals surface area contributed by atoms with Crippen LogP contribution in [0.25, 0.3) is 0 Å². The van der Waals surface area contributed by atoms with E-state index in [0.717, 1.165) is 46.0 Å². The number of methoxy groups -OCH3 is 1. The maximum Gasteiger partial charge on any atom is 0.213 e. The molecule has 0 saturated heterocycles. The summed E-state index contributed by atoms with van der Waals surface area (Å²) in [5, 5.41) is 7.79. The van der Waals surface area contributed by atoms with Gasteiger partial charge in [0, 0.05) is 42.4 Å². The Bertz CT molecular complexity index is 1130. The summed E-state index contributed by atoms with van der Waals surface area (Å²) in [6, 6.07) is 22.4. The Morgan fingerprint density at radius 1 is 1.03 bits per heavy atom. The molecule has 0 N–H and O–H groups in total. The Hall–Kier alpha value is -3.18. The summed E-state index contributed by atoms with van der Waals surface area (Å²) >= 11 is 6.32. The Morgan fingerprint density at radius 2 is 1.77 bits per heavy atom. The Labute approximate surface area is 187 Å². The second-order valence-corrected chi connectivity index (χ2v) is 8.45. The van der Waals surface area contributed by atoms with Gasteiger partial charge in [0.15, 0.2) is 0 Å². The number of hydrogen-bond acceptors (Lipinski definition) is 5. The summed E-state index contributed by atoms with van der Waals surface area (Å²) in [6.07, 6.45) is 0.487. The van der Waals surface area contributed by atoms with E-state index in [0.29, 0.717) is 5.02 Å². The van der Waals surface area contributed by atoms with E-state index in [2.05, 4.69) is 46.3 Å². The number of nitrogens with zero attached hydrogens (tertiary/aromatic N) is 3. The molecule has 0 radical (unpaired) electrons. The Balaban J connectivity index is 1.55. The van der Waals surface area contributed by atoms with E-state index < -0.39 is 0 Å². The van der Waals surface area contributed by atoms with Crippen molar-refractivity contribution >= 4 is 23.0 Å². The first-order valence-corrected chi connectivity index (χ1v) is 10.6. The lowest BCUT2D eigenvalue weighted by molar-refractivity contribution is -0.0190. The van der Waals surface area contributed by atoms with E-state index in [1.54, 1.807) is 7.11 Å². The van der Waals surface area contributed by atoms with Crippen molar-refractivity contribution in [2.45, 2.75) is 18.7 Å². The molecule has 0 bridgehead atoms. The summed E-state index contributed by atoms with van der Waals surface area (Å²) in [6.45, 7) is 0. The summed E-state index contributed by atoms with van der Waals surface area (Å²) in [5.74, 6) is 1.69. The molecule has 0 unspecified atom stereocenters. The van der Waals surface area contributed by atoms with Crippen molar-refractivity contribution in [1.82, 2.24) is 5.01 Å². The smallest absolute Gasteiger partial charge is 0.213 e. The minimum atomic E-state index is -0.300. The second kappa shape index (κ2) is 7.82. The van der Waals surface area contributed by atoms with Crippen molar-refractivity contribution in [2.75, 3.05) is 26.1 Å². The maximum absolute atomic E-state index is 6.43. The number of benzene rings is 3. The molecule has 2 atom stereocenters. The first-order valence-electron chi connectivity index (χ1n) is 10.3. The third kappa shape index (κ3) is 3.59. The number of rotatable bonds is 4. The first-order chi connectivity index (χ1) is 15.0. The van der Waals surface area contributed by atoms with Crippen LogP contribution in [0.15, 0.2) is 71.8 Å². The third-order valence-corrected chi connectivity index (χ3v) is 6.10. The number of hydrogen-bond donors (Lipinski definition) is 0. The first kappa shape index (κ1) is 19.8. The van der Waals surface area contributed by atoms with Gasteiger partial charge in [0.2, 0.25) is 6.23 Å². The van der Waals surface area contributed by atoms with Crippen LogP contribution < -0.4 is 14.4 Å². The van der Waals surface area contributed by atoms with Crippen molar-refractivity contribution < 1.29 is 9.47 Å². The predicted octanol–water partition coefficient (Wildman–Crippen LogP) is 5.66. The zero-order valence-electron chi connectivity index (χ0n) is 17.7. The molecule has 5 rings (SSSR count). The van der Waals surface area contributed by atoms with Crippen LogP contribution in [-0.4, -0.2) is 31.9 Å². The van der Waals surface area contributed by atoms with Crippen LogP contribution in [0.1, 0.15) is 35.4 Å². The molecule has 3 aromatic rings. The molecule has 0 saturated carbocycles.